The molecule has 8 rings (SSSR count). The van der Waals surface area contributed by atoms with Gasteiger partial charge in [-0.15, -0.1) is 27.8 Å². The van der Waals surface area contributed by atoms with Crippen LogP contribution in [0.3, 0.4) is 0 Å². The van der Waals surface area contributed by atoms with Crippen molar-refractivity contribution in [1.29, 1.82) is 0 Å². The predicted octanol–water partition coefficient (Wildman–Crippen LogP) is 7.84. The third-order valence-electron chi connectivity index (χ3n) is 8.56. The van der Waals surface area contributed by atoms with Gasteiger partial charge in [0, 0.05) is 47.8 Å². The Morgan fingerprint density at radius 3 is 2.04 bits per heavy atom. The number of aryl methyl sites for hydroxylation is 2. The average Bonchev–Trinajstić information content (AvgIpc) is 4.00. The monoisotopic (exact) mass is 734 g/mol. The topological polar surface area (TPSA) is 163 Å². The summed E-state index contributed by atoms with van der Waals surface area (Å²) in [4.78, 5) is 48.9. The number of pyridine rings is 3. The van der Waals surface area contributed by atoms with Gasteiger partial charge in [-0.05, 0) is 106 Å². The molecule has 15 heteroatoms. The van der Waals surface area contributed by atoms with Crippen LogP contribution in [-0.2, 0) is 4.74 Å². The number of amides is 1. The van der Waals surface area contributed by atoms with Crippen LogP contribution in [-0.4, -0.2) is 63.6 Å². The molecule has 0 atom stereocenters. The average molecular weight is 735 g/mol. The number of aromatic nitrogens is 9. The number of thiazole rings is 2. The standard InChI is InChI=1S/C22H22N8OS.C15H16N2O2S/c1-12(2)30-20(27-28-29-30)16-5-4-6-19(25-16)26-21(31)17-9-15(13(3)10-23-17)18-11-24-22(32-18)14-7-8-14;1-3-19-15(18)12-6-11(9(2)7-16-12)13-8-17-14(20-13)10-4-5-10/h4-6,9-12,14H,7-8H2,1-3H3,(H,25,26,31);6-8,10H,3-5H2,1-2H3. The van der Waals surface area contributed by atoms with E-state index in [2.05, 4.69) is 45.8 Å². The van der Waals surface area contributed by atoms with E-state index in [1.807, 2.05) is 58.3 Å². The van der Waals surface area contributed by atoms with E-state index in [9.17, 15) is 9.59 Å². The van der Waals surface area contributed by atoms with Crippen LogP contribution >= 0.6 is 22.7 Å². The van der Waals surface area contributed by atoms with Crippen molar-refractivity contribution in [2.45, 2.75) is 78.2 Å². The van der Waals surface area contributed by atoms with Crippen LogP contribution in [0.4, 0.5) is 5.82 Å². The van der Waals surface area contributed by atoms with Crippen molar-refractivity contribution in [3.8, 4) is 32.4 Å². The first-order valence-electron chi connectivity index (χ1n) is 17.3. The number of ether oxygens (including phenoxy) is 1. The number of anilines is 1. The number of tetrazole rings is 1. The van der Waals surface area contributed by atoms with Gasteiger partial charge in [-0.3, -0.25) is 9.78 Å². The summed E-state index contributed by atoms with van der Waals surface area (Å²) in [7, 11) is 0. The van der Waals surface area contributed by atoms with Gasteiger partial charge in [0.25, 0.3) is 5.91 Å². The Morgan fingerprint density at radius 1 is 0.865 bits per heavy atom. The second-order valence-corrected chi connectivity index (χ2v) is 15.2. The van der Waals surface area contributed by atoms with E-state index in [0.717, 1.165) is 32.0 Å². The first-order valence-corrected chi connectivity index (χ1v) is 18.9. The first-order chi connectivity index (χ1) is 25.2. The lowest BCUT2D eigenvalue weighted by Gasteiger charge is -2.09. The van der Waals surface area contributed by atoms with Crippen molar-refractivity contribution >= 4 is 40.4 Å². The fourth-order valence-corrected chi connectivity index (χ4v) is 7.74. The number of rotatable bonds is 10. The zero-order chi connectivity index (χ0) is 36.4. The maximum absolute atomic E-state index is 12.9. The molecule has 2 fully saturated rings. The number of nitrogens with zero attached hydrogens (tertiary/aromatic N) is 9. The molecule has 0 bridgehead atoms. The van der Waals surface area contributed by atoms with Crippen LogP contribution in [0.2, 0.25) is 0 Å². The highest BCUT2D eigenvalue weighted by molar-refractivity contribution is 7.15. The lowest BCUT2D eigenvalue weighted by atomic mass is 10.1. The highest BCUT2D eigenvalue weighted by Crippen LogP contribution is 2.45. The maximum atomic E-state index is 12.9. The summed E-state index contributed by atoms with van der Waals surface area (Å²) < 4.78 is 6.69. The van der Waals surface area contributed by atoms with Crippen LogP contribution in [0.1, 0.15) is 106 Å². The fourth-order valence-electron chi connectivity index (χ4n) is 5.40. The molecule has 0 aliphatic heterocycles. The Kier molecular flexibility index (Phi) is 10.2. The van der Waals surface area contributed by atoms with Gasteiger partial charge in [0.15, 0.2) is 0 Å². The van der Waals surface area contributed by atoms with E-state index < -0.39 is 0 Å². The summed E-state index contributed by atoms with van der Waals surface area (Å²) in [5.41, 5.74) is 5.31. The molecule has 266 valence electrons. The van der Waals surface area contributed by atoms with Crippen molar-refractivity contribution < 1.29 is 14.3 Å². The summed E-state index contributed by atoms with van der Waals surface area (Å²) in [5, 5.41) is 17.0. The third-order valence-corrected chi connectivity index (χ3v) is 10.9. The number of carbonyl (C=O) groups excluding carboxylic acids is 2. The van der Waals surface area contributed by atoms with Crippen molar-refractivity contribution in [1.82, 2.24) is 45.1 Å². The number of esters is 1. The molecule has 2 aliphatic carbocycles. The number of nitrogens with one attached hydrogen (secondary N) is 1. The third kappa shape index (κ3) is 7.95. The summed E-state index contributed by atoms with van der Waals surface area (Å²) in [6.07, 6.45) is 12.2. The quantitative estimate of drug-likeness (QED) is 0.136. The van der Waals surface area contributed by atoms with E-state index in [1.54, 1.807) is 58.8 Å². The minimum atomic E-state index is -0.374. The van der Waals surface area contributed by atoms with Crippen LogP contribution in [0, 0.1) is 13.8 Å². The highest BCUT2D eigenvalue weighted by Gasteiger charge is 2.28. The Labute approximate surface area is 309 Å². The molecule has 2 aliphatic rings. The molecule has 13 nitrogen and oxygen atoms in total. The van der Waals surface area contributed by atoms with Crippen LogP contribution in [0.15, 0.2) is 55.1 Å². The summed E-state index contributed by atoms with van der Waals surface area (Å²) >= 11 is 3.41. The summed E-state index contributed by atoms with van der Waals surface area (Å²) in [6, 6.07) is 9.05. The van der Waals surface area contributed by atoms with Crippen molar-refractivity contribution in [3.63, 3.8) is 0 Å². The van der Waals surface area contributed by atoms with Gasteiger partial charge in [0.1, 0.15) is 22.9 Å². The summed E-state index contributed by atoms with van der Waals surface area (Å²) in [6.45, 7) is 10.1. The second kappa shape index (κ2) is 15.1. The molecule has 6 heterocycles. The van der Waals surface area contributed by atoms with Gasteiger partial charge in [0.2, 0.25) is 5.82 Å². The van der Waals surface area contributed by atoms with Gasteiger partial charge in [-0.2, -0.15) is 0 Å². The Balaban J connectivity index is 0.000000180. The predicted molar refractivity (Wildman–Crippen MR) is 199 cm³/mol. The molecule has 0 unspecified atom stereocenters. The van der Waals surface area contributed by atoms with Crippen molar-refractivity contribution in [3.05, 3.63) is 87.6 Å². The van der Waals surface area contributed by atoms with E-state index in [0.29, 0.717) is 47.2 Å². The molecule has 2 saturated carbocycles. The molecular weight excluding hydrogens is 697 g/mol. The normalized spacial score (nSPS) is 13.8. The highest BCUT2D eigenvalue weighted by atomic mass is 32.1. The van der Waals surface area contributed by atoms with Gasteiger partial charge in [-0.1, -0.05) is 6.07 Å². The van der Waals surface area contributed by atoms with Gasteiger partial charge < -0.3 is 10.1 Å². The first kappa shape index (κ1) is 35.1. The molecule has 6 aromatic rings. The molecule has 0 radical (unpaired) electrons. The Morgan fingerprint density at radius 2 is 1.46 bits per heavy atom. The zero-order valence-corrected chi connectivity index (χ0v) is 31.2. The zero-order valence-electron chi connectivity index (χ0n) is 29.5. The van der Waals surface area contributed by atoms with Crippen LogP contribution in [0.5, 0.6) is 0 Å². The Bertz CT molecular complexity index is 2240. The molecule has 0 saturated heterocycles. The van der Waals surface area contributed by atoms with Crippen LogP contribution in [0.25, 0.3) is 32.4 Å². The van der Waals surface area contributed by atoms with Gasteiger partial charge >= 0.3 is 5.97 Å². The smallest absolute Gasteiger partial charge is 0.356 e. The fraction of sp³-hybridized carbons (Fsp3) is 0.351. The lowest BCUT2D eigenvalue weighted by Crippen LogP contribution is -2.15. The molecule has 0 aromatic carbocycles. The minimum absolute atomic E-state index is 0.0856. The van der Waals surface area contributed by atoms with Crippen molar-refractivity contribution in [2.24, 2.45) is 0 Å². The SMILES string of the molecule is CCOC(=O)c1cc(-c2cnc(C3CC3)s2)c(C)cn1.Cc1cnc(C(=O)Nc2cccc(-c3nnnn3C(C)C)n2)cc1-c1cnc(C2CC2)s1. The van der Waals surface area contributed by atoms with Gasteiger partial charge in [-0.25, -0.2) is 29.4 Å². The number of carbonyl (C=O) groups is 2. The van der Waals surface area contributed by atoms with Crippen molar-refractivity contribution in [2.75, 3.05) is 11.9 Å². The number of hydrogen-bond donors (Lipinski definition) is 1. The molecule has 0 spiro atoms. The van der Waals surface area contributed by atoms with Gasteiger partial charge in [0.05, 0.1) is 32.4 Å². The second-order valence-electron chi connectivity index (χ2n) is 13.1. The molecule has 1 amide bonds. The maximum Gasteiger partial charge on any atom is 0.356 e. The molecule has 6 aromatic heterocycles. The molecular formula is C37H38N10O3S2. The largest absolute Gasteiger partial charge is 0.461 e. The molecule has 1 N–H and O–H groups in total. The Hall–Kier alpha value is -5.28. The lowest BCUT2D eigenvalue weighted by molar-refractivity contribution is 0.0519. The van der Waals surface area contributed by atoms with Crippen LogP contribution < -0.4 is 5.32 Å². The van der Waals surface area contributed by atoms with E-state index >= 15 is 0 Å². The van der Waals surface area contributed by atoms with E-state index in [-0.39, 0.29) is 17.9 Å². The van der Waals surface area contributed by atoms with E-state index in [4.69, 9.17) is 4.74 Å². The molecule has 52 heavy (non-hydrogen) atoms. The summed E-state index contributed by atoms with van der Waals surface area (Å²) in [5.74, 6) is 1.51. The minimum Gasteiger partial charge on any atom is -0.461 e. The van der Waals surface area contributed by atoms with E-state index in [1.165, 1.54) is 35.7 Å². The number of hydrogen-bond acceptors (Lipinski definition) is 13.